The third-order valence-corrected chi connectivity index (χ3v) is 3.59. The summed E-state index contributed by atoms with van der Waals surface area (Å²) in [6.07, 6.45) is -1.20. The molecule has 0 spiro atoms. The number of hydrogen-bond donors (Lipinski definition) is 3. The zero-order chi connectivity index (χ0) is 17.1. The lowest BCUT2D eigenvalue weighted by Gasteiger charge is -2.21. The zero-order valence-electron chi connectivity index (χ0n) is 12.7. The Labute approximate surface area is 132 Å². The van der Waals surface area contributed by atoms with E-state index in [2.05, 4.69) is 5.32 Å². The van der Waals surface area contributed by atoms with Crippen molar-refractivity contribution < 1.29 is 23.8 Å². The minimum atomic E-state index is -1.20. The summed E-state index contributed by atoms with van der Waals surface area (Å²) in [5.41, 5.74) is 1.03. The predicted octanol–water partition coefficient (Wildman–Crippen LogP) is 2.83. The molecule has 0 aliphatic carbocycles. The monoisotopic (exact) mass is 321 g/mol. The quantitative estimate of drug-likeness (QED) is 0.811. The highest BCUT2D eigenvalue weighted by atomic mass is 19.2. The summed E-state index contributed by atoms with van der Waals surface area (Å²) in [5, 5.41) is 22.3. The first kappa shape index (κ1) is 16.9. The Bertz CT molecular complexity index is 734. The molecule has 0 saturated heterocycles. The van der Waals surface area contributed by atoms with Crippen LogP contribution in [0.2, 0.25) is 0 Å². The molecular weight excluding hydrogens is 304 g/mol. The summed E-state index contributed by atoms with van der Waals surface area (Å²) >= 11 is 0. The number of hydrogen-bond acceptors (Lipinski definition) is 3. The molecule has 1 amide bonds. The molecule has 4 nitrogen and oxygen atoms in total. The van der Waals surface area contributed by atoms with Crippen molar-refractivity contribution in [1.82, 2.24) is 5.32 Å². The first-order chi connectivity index (χ1) is 10.8. The third kappa shape index (κ3) is 3.84. The van der Waals surface area contributed by atoms with Gasteiger partial charge in [-0.1, -0.05) is 12.1 Å². The van der Waals surface area contributed by atoms with Gasteiger partial charge in [-0.2, -0.15) is 0 Å². The highest BCUT2D eigenvalue weighted by Gasteiger charge is 2.20. The van der Waals surface area contributed by atoms with Crippen LogP contribution in [0.15, 0.2) is 36.4 Å². The Morgan fingerprint density at radius 1 is 1.13 bits per heavy atom. The summed E-state index contributed by atoms with van der Waals surface area (Å²) < 4.78 is 26.1. The van der Waals surface area contributed by atoms with Gasteiger partial charge in [0.2, 0.25) is 0 Å². The highest BCUT2D eigenvalue weighted by Crippen LogP contribution is 2.21. The van der Waals surface area contributed by atoms with E-state index < -0.39 is 29.7 Å². The lowest BCUT2D eigenvalue weighted by molar-refractivity contribution is 0.0851. The molecule has 2 aromatic rings. The number of aromatic hydroxyl groups is 1. The molecule has 2 rings (SSSR count). The predicted molar refractivity (Wildman–Crippen MR) is 81.1 cm³/mol. The number of aliphatic hydroxyl groups is 1. The van der Waals surface area contributed by atoms with Crippen LogP contribution in [-0.4, -0.2) is 22.2 Å². The van der Waals surface area contributed by atoms with Crippen molar-refractivity contribution in [1.29, 1.82) is 0 Å². The Morgan fingerprint density at radius 2 is 1.83 bits per heavy atom. The molecule has 2 aromatic carbocycles. The van der Waals surface area contributed by atoms with Gasteiger partial charge in [-0.05, 0) is 49.2 Å². The number of rotatable bonds is 4. The molecular formula is C17H17F2NO3. The van der Waals surface area contributed by atoms with Gasteiger partial charge in [0.05, 0.1) is 12.1 Å². The zero-order valence-corrected chi connectivity index (χ0v) is 12.7. The van der Waals surface area contributed by atoms with E-state index in [9.17, 15) is 23.8 Å². The van der Waals surface area contributed by atoms with Gasteiger partial charge in [0.25, 0.3) is 5.91 Å². The standard InChI is InChI=1S/C17H17F2NO3/c1-9-3-4-12(8-15(9)21)17(23)20-10(2)16(22)11-5-6-13(18)14(19)7-11/h3-8,10,16,21-22H,1-2H3,(H,20,23). The molecule has 0 bridgehead atoms. The van der Waals surface area contributed by atoms with Crippen LogP contribution >= 0.6 is 0 Å². The summed E-state index contributed by atoms with van der Waals surface area (Å²) in [6.45, 7) is 3.24. The average molecular weight is 321 g/mol. The Morgan fingerprint density at radius 3 is 2.43 bits per heavy atom. The molecule has 6 heteroatoms. The van der Waals surface area contributed by atoms with E-state index in [-0.39, 0.29) is 16.9 Å². The maximum Gasteiger partial charge on any atom is 0.251 e. The fourth-order valence-corrected chi connectivity index (χ4v) is 2.10. The van der Waals surface area contributed by atoms with Crippen molar-refractivity contribution in [2.24, 2.45) is 0 Å². The fourth-order valence-electron chi connectivity index (χ4n) is 2.10. The second-order valence-electron chi connectivity index (χ2n) is 5.38. The first-order valence-corrected chi connectivity index (χ1v) is 7.03. The molecule has 2 atom stereocenters. The van der Waals surface area contributed by atoms with Gasteiger partial charge in [0.1, 0.15) is 5.75 Å². The summed E-state index contributed by atoms with van der Waals surface area (Å²) in [4.78, 5) is 12.1. The lowest BCUT2D eigenvalue weighted by atomic mass is 10.0. The van der Waals surface area contributed by atoms with Gasteiger partial charge in [-0.3, -0.25) is 4.79 Å². The van der Waals surface area contributed by atoms with Crippen molar-refractivity contribution in [3.63, 3.8) is 0 Å². The minimum Gasteiger partial charge on any atom is -0.508 e. The van der Waals surface area contributed by atoms with E-state index in [1.165, 1.54) is 19.1 Å². The van der Waals surface area contributed by atoms with Crippen LogP contribution in [0.3, 0.4) is 0 Å². The number of carbonyl (C=O) groups excluding carboxylic acids is 1. The van der Waals surface area contributed by atoms with Crippen molar-refractivity contribution >= 4 is 5.91 Å². The number of amides is 1. The van der Waals surface area contributed by atoms with E-state index in [4.69, 9.17) is 0 Å². The molecule has 0 saturated carbocycles. The van der Waals surface area contributed by atoms with Crippen LogP contribution in [0, 0.1) is 18.6 Å². The number of nitrogens with one attached hydrogen (secondary N) is 1. The molecule has 0 aliphatic heterocycles. The maximum absolute atomic E-state index is 13.2. The van der Waals surface area contributed by atoms with Crippen molar-refractivity contribution in [3.8, 4) is 5.75 Å². The van der Waals surface area contributed by atoms with Gasteiger partial charge in [-0.15, -0.1) is 0 Å². The van der Waals surface area contributed by atoms with Crippen molar-refractivity contribution in [2.45, 2.75) is 26.0 Å². The molecule has 0 fully saturated rings. The van der Waals surface area contributed by atoms with Crippen molar-refractivity contribution in [3.05, 3.63) is 64.7 Å². The first-order valence-electron chi connectivity index (χ1n) is 7.03. The molecule has 2 unspecified atom stereocenters. The van der Waals surface area contributed by atoms with Crippen molar-refractivity contribution in [2.75, 3.05) is 0 Å². The van der Waals surface area contributed by atoms with E-state index in [1.807, 2.05) is 0 Å². The van der Waals surface area contributed by atoms with Gasteiger partial charge in [-0.25, -0.2) is 8.78 Å². The minimum absolute atomic E-state index is 0.00791. The Kier molecular flexibility index (Phi) is 4.95. The van der Waals surface area contributed by atoms with Crippen LogP contribution in [0.5, 0.6) is 5.75 Å². The SMILES string of the molecule is Cc1ccc(C(=O)NC(C)C(O)c2ccc(F)c(F)c2)cc1O. The number of carbonyl (C=O) groups is 1. The largest absolute Gasteiger partial charge is 0.508 e. The number of phenolic OH excluding ortho intramolecular Hbond substituents is 1. The number of phenols is 1. The smallest absolute Gasteiger partial charge is 0.251 e. The van der Waals surface area contributed by atoms with Gasteiger partial charge < -0.3 is 15.5 Å². The van der Waals surface area contributed by atoms with Crippen LogP contribution < -0.4 is 5.32 Å². The molecule has 0 heterocycles. The molecule has 3 N–H and O–H groups in total. The number of aliphatic hydroxyl groups excluding tert-OH is 1. The normalized spacial score (nSPS) is 13.4. The number of halogens is 2. The lowest BCUT2D eigenvalue weighted by Crippen LogP contribution is -2.37. The molecule has 0 aliphatic rings. The molecule has 122 valence electrons. The molecule has 23 heavy (non-hydrogen) atoms. The Hall–Kier alpha value is -2.47. The van der Waals surface area contributed by atoms with E-state index in [0.717, 1.165) is 12.1 Å². The maximum atomic E-state index is 13.2. The van der Waals surface area contributed by atoms with Gasteiger partial charge >= 0.3 is 0 Å². The topological polar surface area (TPSA) is 69.6 Å². The summed E-state index contributed by atoms with van der Waals surface area (Å²) in [6, 6.07) is 6.78. The molecule has 0 radical (unpaired) electrons. The van der Waals surface area contributed by atoms with Crippen LogP contribution in [0.25, 0.3) is 0 Å². The second kappa shape index (κ2) is 6.75. The van der Waals surface area contributed by atoms with Crippen LogP contribution in [0.4, 0.5) is 8.78 Å². The van der Waals surface area contributed by atoms with Crippen LogP contribution in [0.1, 0.15) is 34.5 Å². The van der Waals surface area contributed by atoms with Gasteiger partial charge in [0, 0.05) is 5.56 Å². The fraction of sp³-hybridized carbons (Fsp3) is 0.235. The van der Waals surface area contributed by atoms with E-state index in [1.54, 1.807) is 19.1 Å². The summed E-state index contributed by atoms with van der Waals surface area (Å²) in [7, 11) is 0. The van der Waals surface area contributed by atoms with E-state index in [0.29, 0.717) is 5.56 Å². The second-order valence-corrected chi connectivity index (χ2v) is 5.38. The summed E-state index contributed by atoms with van der Waals surface area (Å²) in [5.74, 6) is -2.57. The third-order valence-electron chi connectivity index (χ3n) is 3.59. The van der Waals surface area contributed by atoms with Crippen LogP contribution in [-0.2, 0) is 0 Å². The number of aryl methyl sites for hydroxylation is 1. The van der Waals surface area contributed by atoms with E-state index >= 15 is 0 Å². The Balaban J connectivity index is 2.10. The highest BCUT2D eigenvalue weighted by molar-refractivity contribution is 5.94. The van der Waals surface area contributed by atoms with Gasteiger partial charge in [0.15, 0.2) is 11.6 Å². The molecule has 0 aromatic heterocycles. The number of benzene rings is 2. The average Bonchev–Trinajstić information content (AvgIpc) is 2.51.